The van der Waals surface area contributed by atoms with Gasteiger partial charge in [-0.1, -0.05) is 0 Å². The molecule has 0 fully saturated rings. The molecule has 34 valence electrons. The smallest absolute Gasteiger partial charge is 0.288 e. The predicted molar refractivity (Wildman–Crippen MR) is 22.4 cm³/mol. The molecule has 0 saturated heterocycles. The second-order valence-electron chi connectivity index (χ2n) is 0.870. The monoisotopic (exact) mass is 87.0 g/mol. The molecule has 0 radical (unpaired) electrons. The van der Waals surface area contributed by atoms with Crippen LogP contribution in [-0.4, -0.2) is 12.8 Å². The number of carbonyl (C=O) groups is 1. The van der Waals surface area contributed by atoms with E-state index in [0.29, 0.717) is 6.42 Å². The molecule has 0 amide bonds. The molecule has 0 saturated carbocycles. The molecule has 2 nitrogen and oxygen atoms in total. The molecule has 0 rings (SSSR count). The molecular weight excluding hydrogens is 80.0 g/mol. The average Bonchev–Trinajstić information content (AvgIpc) is 1.65. The quantitative estimate of drug-likeness (QED) is 0.422. The van der Waals surface area contributed by atoms with Crippen LogP contribution >= 0.6 is 0 Å². The molecule has 0 aromatic carbocycles. The van der Waals surface area contributed by atoms with Crippen LogP contribution in [0.2, 0.25) is 0 Å². The molecule has 6 heavy (non-hydrogen) atoms. The van der Waals surface area contributed by atoms with Crippen LogP contribution in [0.25, 0.3) is 0 Å². The number of hydrogen-bond donors (Lipinski definition) is 0. The van der Waals surface area contributed by atoms with Crippen molar-refractivity contribution < 1.29 is 9.22 Å². The van der Waals surface area contributed by atoms with Crippen LogP contribution in [-0.2, 0) is 9.22 Å². The van der Waals surface area contributed by atoms with Crippen LogP contribution in [0.5, 0.6) is 0 Å². The minimum absolute atomic E-state index is 0.269. The topological polar surface area (TPSA) is 28.4 Å². The van der Waals surface area contributed by atoms with Crippen LogP contribution in [0.4, 0.5) is 0 Å². The Bertz CT molecular complexity index is 65.9. The largest absolute Gasteiger partial charge is 0.578 e. The zero-order valence-electron chi connectivity index (χ0n) is 3.73. The van der Waals surface area contributed by atoms with Gasteiger partial charge in [0.05, 0.1) is 0 Å². The molecule has 0 spiro atoms. The highest BCUT2D eigenvalue weighted by atomic mass is 16.4. The van der Waals surface area contributed by atoms with E-state index >= 15 is 0 Å². The summed E-state index contributed by atoms with van der Waals surface area (Å²) in [5, 5.41) is 0. The first kappa shape index (κ1) is 5.34. The van der Waals surface area contributed by atoms with Crippen molar-refractivity contribution in [1.29, 1.82) is 0 Å². The van der Waals surface area contributed by atoms with Crippen molar-refractivity contribution in [2.45, 2.75) is 13.3 Å². The van der Waals surface area contributed by atoms with Gasteiger partial charge in [0.25, 0.3) is 0 Å². The minimum Gasteiger partial charge on any atom is -0.288 e. The normalized spacial score (nSPS) is 7.50. The second kappa shape index (κ2) is 2.57. The van der Waals surface area contributed by atoms with Crippen LogP contribution < -0.4 is 0 Å². The Morgan fingerprint density at radius 2 is 2.50 bits per heavy atom. The average molecular weight is 87.1 g/mol. The van der Waals surface area contributed by atoms with Gasteiger partial charge in [-0.2, -0.15) is 0 Å². The molecule has 0 aliphatic heterocycles. The van der Waals surface area contributed by atoms with Gasteiger partial charge in [-0.3, -0.25) is 4.42 Å². The van der Waals surface area contributed by atoms with Crippen molar-refractivity contribution >= 4 is 12.8 Å². The summed E-state index contributed by atoms with van der Waals surface area (Å²) in [5.74, 6) is -0.269. The lowest BCUT2D eigenvalue weighted by Crippen LogP contribution is -1.90. The summed E-state index contributed by atoms with van der Waals surface area (Å²) in [4.78, 5) is 9.90. The van der Waals surface area contributed by atoms with Crippen molar-refractivity contribution in [2.75, 3.05) is 0 Å². The molecular formula is C4H7O2+. The lowest BCUT2D eigenvalue weighted by molar-refractivity contribution is -0.368. The lowest BCUT2D eigenvalue weighted by Gasteiger charge is -1.61. The first-order valence-corrected chi connectivity index (χ1v) is 1.76. The Hall–Kier alpha value is -0.660. The third-order valence-corrected chi connectivity index (χ3v) is 0.450. The standard InChI is InChI=1S/C4H7O2/c1-3-4(5)6-2/h2-3H2,1H3/q+1. The van der Waals surface area contributed by atoms with Gasteiger partial charge in [0.1, 0.15) is 6.42 Å². The third-order valence-electron chi connectivity index (χ3n) is 0.450. The summed E-state index contributed by atoms with van der Waals surface area (Å²) < 4.78 is 4.01. The van der Waals surface area contributed by atoms with E-state index in [-0.39, 0.29) is 5.97 Å². The molecule has 0 unspecified atom stereocenters. The predicted octanol–water partition coefficient (Wildman–Crippen LogP) is 0.287. The highest BCUT2D eigenvalue weighted by molar-refractivity contribution is 5.65. The summed E-state index contributed by atoms with van der Waals surface area (Å²) in [6, 6.07) is 0. The van der Waals surface area contributed by atoms with Crippen LogP contribution in [0.3, 0.4) is 0 Å². The van der Waals surface area contributed by atoms with Gasteiger partial charge in [-0.05, 0) is 6.92 Å². The molecule has 0 bridgehead atoms. The van der Waals surface area contributed by atoms with E-state index in [0.717, 1.165) is 0 Å². The van der Waals surface area contributed by atoms with Gasteiger partial charge in [-0.25, -0.2) is 0 Å². The maximum Gasteiger partial charge on any atom is 0.578 e. The number of hydrogen-bond acceptors (Lipinski definition) is 1. The van der Waals surface area contributed by atoms with Gasteiger partial charge in [0.2, 0.25) is 0 Å². The van der Waals surface area contributed by atoms with Crippen molar-refractivity contribution in [3.05, 3.63) is 0 Å². The fourth-order valence-electron chi connectivity index (χ4n) is 0.102. The SMILES string of the molecule is C=[O+]C(=O)CC. The van der Waals surface area contributed by atoms with E-state index in [4.69, 9.17) is 0 Å². The fraction of sp³-hybridized carbons (Fsp3) is 0.500. The lowest BCUT2D eigenvalue weighted by atomic mass is 10.5. The summed E-state index contributed by atoms with van der Waals surface area (Å²) in [6.07, 6.45) is 0.406. The zero-order chi connectivity index (χ0) is 4.99. The van der Waals surface area contributed by atoms with Crippen LogP contribution in [0.15, 0.2) is 0 Å². The highest BCUT2D eigenvalue weighted by Crippen LogP contribution is 1.71. The van der Waals surface area contributed by atoms with Gasteiger partial charge >= 0.3 is 5.97 Å². The molecule has 0 aromatic heterocycles. The first-order chi connectivity index (χ1) is 2.81. The van der Waals surface area contributed by atoms with E-state index in [1.807, 2.05) is 0 Å². The van der Waals surface area contributed by atoms with E-state index in [9.17, 15) is 4.79 Å². The third kappa shape index (κ3) is 1.64. The Kier molecular flexibility index (Phi) is 2.29. The first-order valence-electron chi connectivity index (χ1n) is 1.76. The maximum absolute atomic E-state index is 9.90. The molecule has 2 heteroatoms. The zero-order valence-corrected chi connectivity index (χ0v) is 3.73. The van der Waals surface area contributed by atoms with Crippen molar-refractivity contribution in [3.8, 4) is 0 Å². The van der Waals surface area contributed by atoms with Gasteiger partial charge in [0.15, 0.2) is 6.79 Å². The Balaban J connectivity index is 3.23. The molecule has 0 N–H and O–H groups in total. The second-order valence-corrected chi connectivity index (χ2v) is 0.870. The van der Waals surface area contributed by atoms with Crippen molar-refractivity contribution in [2.24, 2.45) is 0 Å². The Labute approximate surface area is 36.5 Å². The molecule has 0 aliphatic rings. The molecule has 0 aliphatic carbocycles. The van der Waals surface area contributed by atoms with Gasteiger partial charge in [0, 0.05) is 4.79 Å². The summed E-state index contributed by atoms with van der Waals surface area (Å²) in [5.41, 5.74) is 0. The van der Waals surface area contributed by atoms with Crippen LogP contribution in [0, 0.1) is 0 Å². The van der Waals surface area contributed by atoms with Gasteiger partial charge in [-0.15, -0.1) is 0 Å². The number of rotatable bonds is 1. The van der Waals surface area contributed by atoms with Gasteiger partial charge < -0.3 is 0 Å². The van der Waals surface area contributed by atoms with Crippen LogP contribution in [0.1, 0.15) is 13.3 Å². The van der Waals surface area contributed by atoms with E-state index in [2.05, 4.69) is 11.2 Å². The van der Waals surface area contributed by atoms with Crippen molar-refractivity contribution in [1.82, 2.24) is 0 Å². The Morgan fingerprint density at radius 3 is 2.50 bits per heavy atom. The summed E-state index contributed by atoms with van der Waals surface area (Å²) in [7, 11) is 0. The molecule has 0 aromatic rings. The van der Waals surface area contributed by atoms with Crippen molar-refractivity contribution in [3.63, 3.8) is 0 Å². The molecule has 0 atom stereocenters. The van der Waals surface area contributed by atoms with E-state index in [1.54, 1.807) is 6.92 Å². The van der Waals surface area contributed by atoms with E-state index < -0.39 is 0 Å². The highest BCUT2D eigenvalue weighted by Gasteiger charge is 2.02. The maximum atomic E-state index is 9.90. The fourth-order valence-corrected chi connectivity index (χ4v) is 0.102. The summed E-state index contributed by atoms with van der Waals surface area (Å²) >= 11 is 0. The minimum atomic E-state index is -0.269. The summed E-state index contributed by atoms with van der Waals surface area (Å²) in [6.45, 7) is 4.62. The van der Waals surface area contributed by atoms with E-state index in [1.165, 1.54) is 0 Å². The number of carbonyl (C=O) groups excluding carboxylic acids is 2. The Morgan fingerprint density at radius 1 is 2.00 bits per heavy atom. The molecule has 0 heterocycles.